The lowest BCUT2D eigenvalue weighted by Crippen LogP contribution is -2.45. The second-order valence-electron chi connectivity index (χ2n) is 7.49. The normalized spacial score (nSPS) is 11.8. The van der Waals surface area contributed by atoms with Crippen LogP contribution in [0.1, 0.15) is 51.4 Å². The fourth-order valence-electron chi connectivity index (χ4n) is 2.96. The molecule has 1 aromatic carbocycles. The average molecular weight is 323 g/mol. The number of amides is 1. The number of carbonyl (C=O) groups excluding carboxylic acids is 1. The van der Waals surface area contributed by atoms with Gasteiger partial charge in [0, 0.05) is 11.1 Å². The van der Waals surface area contributed by atoms with Crippen LogP contribution in [-0.2, 0) is 0 Å². The maximum absolute atomic E-state index is 12.6. The van der Waals surface area contributed by atoms with Crippen molar-refractivity contribution in [2.24, 2.45) is 5.41 Å². The van der Waals surface area contributed by atoms with Crippen molar-refractivity contribution in [3.8, 4) is 17.2 Å². The molecule has 130 valence electrons. The maximum atomic E-state index is 12.6. The van der Waals surface area contributed by atoms with Crippen LogP contribution in [0.4, 0.5) is 0 Å². The zero-order valence-electron chi connectivity index (χ0n) is 15.5. The Balaban J connectivity index is 3.09. The van der Waals surface area contributed by atoms with Crippen LogP contribution >= 0.6 is 0 Å². The van der Waals surface area contributed by atoms with Crippen LogP contribution in [0.3, 0.4) is 0 Å². The molecule has 5 nitrogen and oxygen atoms in total. The first-order valence-corrected chi connectivity index (χ1v) is 7.65. The molecular formula is C18H29NO4. The molecule has 0 saturated heterocycles. The van der Waals surface area contributed by atoms with E-state index in [1.54, 1.807) is 12.1 Å². The van der Waals surface area contributed by atoms with Gasteiger partial charge in [0.1, 0.15) is 0 Å². The quantitative estimate of drug-likeness (QED) is 0.868. The molecule has 5 heteroatoms. The number of hydrogen-bond acceptors (Lipinski definition) is 4. The van der Waals surface area contributed by atoms with Gasteiger partial charge in [0.05, 0.1) is 21.3 Å². The van der Waals surface area contributed by atoms with Gasteiger partial charge in [0.15, 0.2) is 11.5 Å². The first kappa shape index (κ1) is 19.1. The van der Waals surface area contributed by atoms with Crippen molar-refractivity contribution in [2.45, 2.75) is 46.6 Å². The summed E-state index contributed by atoms with van der Waals surface area (Å²) in [5.74, 6) is 1.23. The second-order valence-corrected chi connectivity index (χ2v) is 7.49. The smallest absolute Gasteiger partial charge is 0.251 e. The molecule has 1 aromatic rings. The summed E-state index contributed by atoms with van der Waals surface area (Å²) in [6.07, 6.45) is 0.857. The molecule has 0 radical (unpaired) electrons. The number of nitrogens with one attached hydrogen (secondary N) is 1. The van der Waals surface area contributed by atoms with Crippen molar-refractivity contribution in [2.75, 3.05) is 21.3 Å². The zero-order valence-corrected chi connectivity index (χ0v) is 15.5. The molecule has 0 bridgehead atoms. The third-order valence-electron chi connectivity index (χ3n) is 3.35. The summed E-state index contributed by atoms with van der Waals surface area (Å²) in [5, 5.41) is 3.08. The third-order valence-corrected chi connectivity index (χ3v) is 3.35. The molecule has 0 aliphatic rings. The van der Waals surface area contributed by atoms with E-state index in [1.165, 1.54) is 21.3 Å². The number of hydrogen-bond donors (Lipinski definition) is 1. The van der Waals surface area contributed by atoms with Gasteiger partial charge in [0.2, 0.25) is 5.75 Å². The Labute approximate surface area is 139 Å². The molecule has 1 rings (SSSR count). The Kier molecular flexibility index (Phi) is 5.92. The SMILES string of the molecule is COc1cc(C(=O)NC(C)(C)CC(C)(C)C)cc(OC)c1OC. The van der Waals surface area contributed by atoms with Crippen molar-refractivity contribution < 1.29 is 19.0 Å². The summed E-state index contributed by atoms with van der Waals surface area (Å²) < 4.78 is 15.9. The van der Waals surface area contributed by atoms with Crippen LogP contribution in [0.5, 0.6) is 17.2 Å². The summed E-state index contributed by atoms with van der Waals surface area (Å²) in [4.78, 5) is 12.6. The molecule has 1 amide bonds. The standard InChI is InChI=1S/C18H29NO4/c1-17(2,3)11-18(4,5)19-16(20)12-9-13(21-6)15(23-8)14(10-12)22-7/h9-10H,11H2,1-8H3,(H,19,20). The Morgan fingerprint density at radius 1 is 0.957 bits per heavy atom. The van der Waals surface area contributed by atoms with Gasteiger partial charge in [-0.1, -0.05) is 20.8 Å². The van der Waals surface area contributed by atoms with Crippen LogP contribution in [-0.4, -0.2) is 32.8 Å². The van der Waals surface area contributed by atoms with Crippen LogP contribution in [0, 0.1) is 5.41 Å². The van der Waals surface area contributed by atoms with E-state index in [2.05, 4.69) is 26.1 Å². The zero-order chi connectivity index (χ0) is 17.8. The topological polar surface area (TPSA) is 56.8 Å². The summed E-state index contributed by atoms with van der Waals surface area (Å²) in [6.45, 7) is 10.5. The van der Waals surface area contributed by atoms with E-state index in [1.807, 2.05) is 13.8 Å². The molecular weight excluding hydrogens is 294 g/mol. The fraction of sp³-hybridized carbons (Fsp3) is 0.611. The lowest BCUT2D eigenvalue weighted by atomic mass is 9.81. The van der Waals surface area contributed by atoms with Gasteiger partial charge < -0.3 is 19.5 Å². The van der Waals surface area contributed by atoms with Gasteiger partial charge in [-0.15, -0.1) is 0 Å². The summed E-state index contributed by atoms with van der Waals surface area (Å²) in [6, 6.07) is 3.31. The minimum atomic E-state index is -0.324. The Morgan fingerprint density at radius 2 is 1.43 bits per heavy atom. The van der Waals surface area contributed by atoms with Crippen molar-refractivity contribution in [1.29, 1.82) is 0 Å². The van der Waals surface area contributed by atoms with Gasteiger partial charge in [-0.05, 0) is 37.8 Å². The first-order valence-electron chi connectivity index (χ1n) is 7.65. The minimum Gasteiger partial charge on any atom is -0.493 e. The molecule has 0 unspecified atom stereocenters. The van der Waals surface area contributed by atoms with Gasteiger partial charge in [0.25, 0.3) is 5.91 Å². The summed E-state index contributed by atoms with van der Waals surface area (Å²) in [7, 11) is 4.59. The fourth-order valence-corrected chi connectivity index (χ4v) is 2.96. The number of benzene rings is 1. The lowest BCUT2D eigenvalue weighted by molar-refractivity contribution is 0.0890. The first-order chi connectivity index (χ1) is 10.5. The predicted octanol–water partition coefficient (Wildman–Crippen LogP) is 3.66. The highest BCUT2D eigenvalue weighted by atomic mass is 16.5. The third kappa shape index (κ3) is 5.34. The van der Waals surface area contributed by atoms with Crippen molar-refractivity contribution >= 4 is 5.91 Å². The largest absolute Gasteiger partial charge is 0.493 e. The van der Waals surface area contributed by atoms with Gasteiger partial charge in [-0.2, -0.15) is 0 Å². The predicted molar refractivity (Wildman–Crippen MR) is 91.7 cm³/mol. The maximum Gasteiger partial charge on any atom is 0.251 e. The molecule has 23 heavy (non-hydrogen) atoms. The number of rotatable bonds is 6. The van der Waals surface area contributed by atoms with Crippen molar-refractivity contribution in [3.63, 3.8) is 0 Å². The van der Waals surface area contributed by atoms with Crippen LogP contribution in [0.25, 0.3) is 0 Å². The molecule has 0 atom stereocenters. The van der Waals surface area contributed by atoms with Crippen LogP contribution in [0.2, 0.25) is 0 Å². The highest BCUT2D eigenvalue weighted by Gasteiger charge is 2.28. The second kappa shape index (κ2) is 7.11. The summed E-state index contributed by atoms with van der Waals surface area (Å²) in [5.41, 5.74) is 0.267. The molecule has 0 aliphatic carbocycles. The van der Waals surface area contributed by atoms with E-state index in [9.17, 15) is 4.79 Å². The molecule has 0 aromatic heterocycles. The molecule has 1 N–H and O–H groups in total. The van der Waals surface area contributed by atoms with E-state index < -0.39 is 0 Å². The average Bonchev–Trinajstić information content (AvgIpc) is 2.42. The van der Waals surface area contributed by atoms with E-state index in [4.69, 9.17) is 14.2 Å². The van der Waals surface area contributed by atoms with Crippen LogP contribution < -0.4 is 19.5 Å². The van der Waals surface area contributed by atoms with E-state index >= 15 is 0 Å². The van der Waals surface area contributed by atoms with Gasteiger partial charge >= 0.3 is 0 Å². The molecule has 0 heterocycles. The van der Waals surface area contributed by atoms with E-state index in [-0.39, 0.29) is 16.9 Å². The highest BCUT2D eigenvalue weighted by molar-refractivity contribution is 5.96. The van der Waals surface area contributed by atoms with E-state index in [0.29, 0.717) is 22.8 Å². The monoisotopic (exact) mass is 323 g/mol. The Bertz CT molecular complexity index is 534. The van der Waals surface area contributed by atoms with Crippen LogP contribution in [0.15, 0.2) is 12.1 Å². The van der Waals surface area contributed by atoms with Crippen molar-refractivity contribution in [1.82, 2.24) is 5.32 Å². The summed E-state index contributed by atoms with van der Waals surface area (Å²) >= 11 is 0. The number of methoxy groups -OCH3 is 3. The lowest BCUT2D eigenvalue weighted by Gasteiger charge is -2.33. The Morgan fingerprint density at radius 3 is 1.78 bits per heavy atom. The highest BCUT2D eigenvalue weighted by Crippen LogP contribution is 2.38. The van der Waals surface area contributed by atoms with Gasteiger partial charge in [-0.3, -0.25) is 4.79 Å². The molecule has 0 spiro atoms. The molecule has 0 aliphatic heterocycles. The number of ether oxygens (including phenoxy) is 3. The number of carbonyl (C=O) groups is 1. The van der Waals surface area contributed by atoms with Crippen molar-refractivity contribution in [3.05, 3.63) is 17.7 Å². The van der Waals surface area contributed by atoms with Gasteiger partial charge in [-0.25, -0.2) is 0 Å². The molecule has 0 fully saturated rings. The van der Waals surface area contributed by atoms with E-state index in [0.717, 1.165) is 6.42 Å². The minimum absolute atomic E-state index is 0.117. The molecule has 0 saturated carbocycles. The Hall–Kier alpha value is -1.91.